The molecular weight excluding hydrogens is 608 g/mol. The van der Waals surface area contributed by atoms with Crippen LogP contribution in [0.1, 0.15) is 106 Å². The molecule has 3 aromatic rings. The van der Waals surface area contributed by atoms with Crippen molar-refractivity contribution >= 4 is 23.2 Å². The van der Waals surface area contributed by atoms with Crippen LogP contribution in [0.15, 0.2) is 60.9 Å². The van der Waals surface area contributed by atoms with E-state index in [0.29, 0.717) is 23.9 Å². The number of aromatic nitrogens is 1. The van der Waals surface area contributed by atoms with Crippen molar-refractivity contribution in [1.82, 2.24) is 0 Å². The van der Waals surface area contributed by atoms with Crippen molar-refractivity contribution < 1.29 is 31.1 Å². The zero-order chi connectivity index (χ0) is 29.3. The van der Waals surface area contributed by atoms with Crippen LogP contribution in [0.2, 0.25) is 5.02 Å². The molecule has 3 rings (SSSR count). The Bertz CT molecular complexity index is 1200. The summed E-state index contributed by atoms with van der Waals surface area (Å²) in [6, 6.07) is 15.8. The highest BCUT2D eigenvalue weighted by Gasteiger charge is 2.13. The Morgan fingerprint density at radius 2 is 1.40 bits per heavy atom. The molecule has 2 aromatic carbocycles. The monoisotopic (exact) mass is 656 g/mol. The first-order chi connectivity index (χ1) is 19.9. The van der Waals surface area contributed by atoms with Crippen molar-refractivity contribution in [2.75, 3.05) is 11.9 Å². The molecule has 0 saturated carbocycles. The molecule has 0 atom stereocenters. The van der Waals surface area contributed by atoms with Gasteiger partial charge in [0.05, 0.1) is 23.7 Å². The van der Waals surface area contributed by atoms with E-state index in [1.54, 1.807) is 0 Å². The lowest BCUT2D eigenvalue weighted by molar-refractivity contribution is -0.688. The molecule has 0 radical (unpaired) electrons. The van der Waals surface area contributed by atoms with E-state index in [4.69, 9.17) is 16.3 Å². The number of nitrogens with one attached hydrogen (secondary N) is 1. The van der Waals surface area contributed by atoms with Crippen molar-refractivity contribution in [3.05, 3.63) is 88.2 Å². The Labute approximate surface area is 270 Å². The number of hydrogen-bond acceptors (Lipinski definition) is 2. The topological polar surface area (TPSA) is 42.2 Å². The number of anilines is 1. The van der Waals surface area contributed by atoms with Crippen LogP contribution in [0.5, 0.6) is 5.75 Å². The van der Waals surface area contributed by atoms with E-state index in [1.807, 2.05) is 36.4 Å². The number of benzene rings is 2. The highest BCUT2D eigenvalue weighted by atomic mass is 79.9. The first-order valence-corrected chi connectivity index (χ1v) is 16.1. The number of aryl methyl sites for hydroxylation is 2. The summed E-state index contributed by atoms with van der Waals surface area (Å²) in [6.45, 7) is 7.83. The van der Waals surface area contributed by atoms with Gasteiger partial charge in [-0.2, -0.15) is 0 Å². The highest BCUT2D eigenvalue weighted by molar-refractivity contribution is 6.32. The van der Waals surface area contributed by atoms with Crippen molar-refractivity contribution in [1.29, 1.82) is 0 Å². The number of hydrogen-bond donors (Lipinski definition) is 1. The summed E-state index contributed by atoms with van der Waals surface area (Å²) in [6.07, 6.45) is 20.4. The summed E-state index contributed by atoms with van der Waals surface area (Å²) in [7, 11) is 0. The number of halogens is 2. The summed E-state index contributed by atoms with van der Waals surface area (Å²) >= 11 is 6.51. The molecule has 6 heteroatoms. The number of para-hydroxylation sites is 1. The van der Waals surface area contributed by atoms with E-state index in [-0.39, 0.29) is 29.3 Å². The van der Waals surface area contributed by atoms with Gasteiger partial charge in [-0.05, 0) is 50.1 Å². The summed E-state index contributed by atoms with van der Waals surface area (Å²) in [4.78, 5) is 12.9. The molecule has 42 heavy (non-hydrogen) atoms. The number of pyridine rings is 1. The minimum absolute atomic E-state index is 0. The van der Waals surface area contributed by atoms with Gasteiger partial charge in [0.25, 0.3) is 0 Å². The molecule has 230 valence electrons. The lowest BCUT2D eigenvalue weighted by atomic mass is 10.1. The van der Waals surface area contributed by atoms with Gasteiger partial charge in [-0.1, -0.05) is 113 Å². The fraction of sp³-hybridized carbons (Fsp3) is 0.500. The van der Waals surface area contributed by atoms with E-state index >= 15 is 0 Å². The van der Waals surface area contributed by atoms with Crippen molar-refractivity contribution in [3.63, 3.8) is 0 Å². The van der Waals surface area contributed by atoms with Crippen LogP contribution in [-0.4, -0.2) is 12.5 Å². The molecule has 0 aliphatic heterocycles. The minimum atomic E-state index is -0.0656. The van der Waals surface area contributed by atoms with Gasteiger partial charge in [0.2, 0.25) is 5.91 Å². The van der Waals surface area contributed by atoms with E-state index in [0.717, 1.165) is 23.2 Å². The van der Waals surface area contributed by atoms with Crippen LogP contribution in [0, 0.1) is 13.8 Å². The normalized spacial score (nSPS) is 10.8. The molecular formula is C36H50BrClN2O2. The lowest BCUT2D eigenvalue weighted by Gasteiger charge is -2.11. The predicted octanol–water partition coefficient (Wildman–Crippen LogP) is 6.56. The van der Waals surface area contributed by atoms with E-state index in [2.05, 4.69) is 55.2 Å². The Balaban J connectivity index is 0.00000616. The average molecular weight is 658 g/mol. The molecule has 0 saturated heterocycles. The van der Waals surface area contributed by atoms with E-state index in [9.17, 15) is 4.79 Å². The molecule has 0 unspecified atom stereocenters. The maximum atomic E-state index is 12.9. The van der Waals surface area contributed by atoms with Crippen LogP contribution < -0.4 is 31.6 Å². The third-order valence-electron chi connectivity index (χ3n) is 7.46. The second kappa shape index (κ2) is 20.5. The van der Waals surface area contributed by atoms with Gasteiger partial charge < -0.3 is 27.0 Å². The number of rotatable bonds is 19. The number of unbranched alkanes of at least 4 members (excludes halogenated alkanes) is 11. The van der Waals surface area contributed by atoms with Gasteiger partial charge in [0.1, 0.15) is 5.75 Å². The number of carbonyl (C=O) groups is 1. The molecule has 0 bridgehead atoms. The Morgan fingerprint density at radius 3 is 2.02 bits per heavy atom. The summed E-state index contributed by atoms with van der Waals surface area (Å²) in [5.74, 6) is 0.624. The van der Waals surface area contributed by atoms with Crippen molar-refractivity contribution in [3.8, 4) is 5.75 Å². The molecule has 0 aliphatic carbocycles. The summed E-state index contributed by atoms with van der Waals surface area (Å²) in [5.41, 5.74) is 5.19. The SMILES string of the molecule is CCCCCCCCCCCCCCOc1ccc(CC(=O)Nc2ccccc2C[n+]2cc(C)cc(C)c2)cc1Cl.[Br-]. The molecule has 1 heterocycles. The standard InChI is InChI=1S/C36H49ClN2O2.BrH/c1-4-5-6-7-8-9-10-11-12-13-14-17-22-41-35-21-20-31(24-33(35)37)25-36(40)38-34-19-16-15-18-32(34)28-39-26-29(2)23-30(3)27-39;/h15-16,18-21,23-24,26-27H,4-14,17,22,25,28H2,1-3H3;1H. The first kappa shape index (κ1) is 35.8. The van der Waals surface area contributed by atoms with Crippen molar-refractivity contribution in [2.24, 2.45) is 0 Å². The minimum Gasteiger partial charge on any atom is -1.00 e. The van der Waals surface area contributed by atoms with Crippen molar-refractivity contribution in [2.45, 2.75) is 111 Å². The summed E-state index contributed by atoms with van der Waals surface area (Å²) < 4.78 is 8.10. The average Bonchev–Trinajstić information content (AvgIpc) is 2.93. The summed E-state index contributed by atoms with van der Waals surface area (Å²) in [5, 5.41) is 3.65. The molecule has 4 nitrogen and oxygen atoms in total. The zero-order valence-corrected chi connectivity index (χ0v) is 28.2. The quantitative estimate of drug-likeness (QED) is 0.117. The van der Waals surface area contributed by atoms with Crippen LogP contribution in [-0.2, 0) is 17.8 Å². The molecule has 1 aromatic heterocycles. The van der Waals surface area contributed by atoms with E-state index < -0.39 is 0 Å². The first-order valence-electron chi connectivity index (χ1n) is 15.7. The van der Waals surface area contributed by atoms with Gasteiger partial charge in [-0.3, -0.25) is 4.79 Å². The number of carbonyl (C=O) groups excluding carboxylic acids is 1. The number of amides is 1. The Hall–Kier alpha value is -2.37. The fourth-order valence-corrected chi connectivity index (χ4v) is 5.60. The molecule has 0 fully saturated rings. The largest absolute Gasteiger partial charge is 1.00 e. The lowest BCUT2D eigenvalue weighted by Crippen LogP contribution is -3.00. The maximum Gasteiger partial charge on any atom is 0.228 e. The van der Waals surface area contributed by atoms with Crippen LogP contribution in [0.25, 0.3) is 0 Å². The van der Waals surface area contributed by atoms with Gasteiger partial charge in [0.15, 0.2) is 18.9 Å². The van der Waals surface area contributed by atoms with Crippen LogP contribution in [0.4, 0.5) is 5.69 Å². The molecule has 0 aliphatic rings. The van der Waals surface area contributed by atoms with Crippen LogP contribution >= 0.6 is 11.6 Å². The smallest absolute Gasteiger partial charge is 0.228 e. The van der Waals surface area contributed by atoms with Crippen LogP contribution in [0.3, 0.4) is 0 Å². The van der Waals surface area contributed by atoms with Gasteiger partial charge in [-0.25, -0.2) is 4.57 Å². The maximum absolute atomic E-state index is 12.9. The van der Waals surface area contributed by atoms with Gasteiger partial charge >= 0.3 is 0 Å². The Morgan fingerprint density at radius 1 is 0.810 bits per heavy atom. The molecule has 1 amide bonds. The highest BCUT2D eigenvalue weighted by Crippen LogP contribution is 2.26. The second-order valence-electron chi connectivity index (χ2n) is 11.4. The number of ether oxygens (including phenoxy) is 1. The predicted molar refractivity (Wildman–Crippen MR) is 172 cm³/mol. The zero-order valence-electron chi connectivity index (χ0n) is 25.9. The molecule has 1 N–H and O–H groups in total. The fourth-order valence-electron chi connectivity index (χ4n) is 5.34. The third-order valence-corrected chi connectivity index (χ3v) is 7.75. The second-order valence-corrected chi connectivity index (χ2v) is 11.9. The number of nitrogens with zero attached hydrogens (tertiary/aromatic N) is 1. The third kappa shape index (κ3) is 13.7. The molecule has 0 spiro atoms. The van der Waals surface area contributed by atoms with Gasteiger partial charge in [-0.15, -0.1) is 0 Å². The van der Waals surface area contributed by atoms with E-state index in [1.165, 1.54) is 81.8 Å². The van der Waals surface area contributed by atoms with Gasteiger partial charge in [0, 0.05) is 16.7 Å². The Kier molecular flexibility index (Phi) is 17.5.